The zero-order chi connectivity index (χ0) is 16.3. The van der Waals surface area contributed by atoms with Crippen LogP contribution in [0.4, 0.5) is 11.8 Å². The van der Waals surface area contributed by atoms with E-state index in [2.05, 4.69) is 5.32 Å². The standard InChI is InChI=1S/C16H23N4O3S/c1-22-24-3-2-12-13(24)14(17-10-4-16(5-10)8-23-9-16)19-15(18-12)20-6-11(21)7-20/h10-11,21H,2-9H2,1H3,(H,17,18,19)/q+1. The van der Waals surface area contributed by atoms with Crippen LogP contribution < -0.4 is 10.2 Å². The molecule has 0 radical (unpaired) electrons. The highest BCUT2D eigenvalue weighted by Crippen LogP contribution is 2.48. The topological polar surface area (TPSA) is 79.7 Å². The van der Waals surface area contributed by atoms with Crippen LogP contribution in [0.1, 0.15) is 18.5 Å². The highest BCUT2D eigenvalue weighted by atomic mass is 32.2. The smallest absolute Gasteiger partial charge is 0.253 e. The first kappa shape index (κ1) is 15.2. The molecule has 1 aromatic heterocycles. The highest BCUT2D eigenvalue weighted by Gasteiger charge is 2.51. The van der Waals surface area contributed by atoms with Gasteiger partial charge in [-0.3, -0.25) is 0 Å². The Morgan fingerprint density at radius 2 is 2.12 bits per heavy atom. The van der Waals surface area contributed by atoms with Gasteiger partial charge >= 0.3 is 0 Å². The van der Waals surface area contributed by atoms with Crippen molar-refractivity contribution in [1.82, 2.24) is 9.97 Å². The summed E-state index contributed by atoms with van der Waals surface area (Å²) < 4.78 is 11.0. The lowest BCUT2D eigenvalue weighted by molar-refractivity contribution is -0.159. The van der Waals surface area contributed by atoms with Gasteiger partial charge in [-0.1, -0.05) is 0 Å². The van der Waals surface area contributed by atoms with Gasteiger partial charge < -0.3 is 20.1 Å². The molecule has 1 atom stereocenters. The molecule has 2 N–H and O–H groups in total. The number of aliphatic hydroxyl groups excluding tert-OH is 1. The van der Waals surface area contributed by atoms with Crippen LogP contribution in [0.25, 0.3) is 0 Å². The first-order valence-corrected chi connectivity index (χ1v) is 9.91. The number of aliphatic hydroxyl groups is 1. The molecule has 1 aliphatic carbocycles. The molecule has 3 fully saturated rings. The lowest BCUT2D eigenvalue weighted by atomic mass is 9.64. The zero-order valence-electron chi connectivity index (χ0n) is 13.8. The molecule has 4 heterocycles. The van der Waals surface area contributed by atoms with E-state index in [1.165, 1.54) is 0 Å². The second-order valence-electron chi connectivity index (χ2n) is 7.42. The van der Waals surface area contributed by atoms with E-state index in [9.17, 15) is 5.11 Å². The fourth-order valence-corrected chi connectivity index (χ4v) is 5.76. The fraction of sp³-hybridized carbons (Fsp3) is 0.750. The van der Waals surface area contributed by atoms with Gasteiger partial charge in [0.05, 0.1) is 26.4 Å². The molecule has 1 saturated carbocycles. The Hall–Kier alpha value is -1.09. The Morgan fingerprint density at radius 3 is 2.75 bits per heavy atom. The Labute approximate surface area is 144 Å². The molecule has 1 aromatic rings. The summed E-state index contributed by atoms with van der Waals surface area (Å²) in [7, 11) is 1.77. The molecule has 0 aromatic carbocycles. The van der Waals surface area contributed by atoms with Gasteiger partial charge in [0.2, 0.25) is 5.95 Å². The number of hydrogen-bond acceptors (Lipinski definition) is 7. The van der Waals surface area contributed by atoms with Gasteiger partial charge in [0, 0.05) is 31.0 Å². The van der Waals surface area contributed by atoms with Crippen LogP contribution in [0.2, 0.25) is 0 Å². The van der Waals surface area contributed by atoms with Crippen LogP contribution >= 0.6 is 0 Å². The number of rotatable bonds is 4. The third-order valence-corrected chi connectivity index (χ3v) is 7.40. The van der Waals surface area contributed by atoms with Gasteiger partial charge in [-0.15, -0.1) is 0 Å². The Bertz CT molecular complexity index is 655. The zero-order valence-corrected chi connectivity index (χ0v) is 14.6. The van der Waals surface area contributed by atoms with Crippen molar-refractivity contribution >= 4 is 22.9 Å². The predicted molar refractivity (Wildman–Crippen MR) is 91.4 cm³/mol. The van der Waals surface area contributed by atoms with Crippen LogP contribution in [0.5, 0.6) is 0 Å². The summed E-state index contributed by atoms with van der Waals surface area (Å²) in [5.41, 5.74) is 1.54. The third-order valence-electron chi connectivity index (χ3n) is 5.54. The maximum absolute atomic E-state index is 9.56. The van der Waals surface area contributed by atoms with E-state index in [4.69, 9.17) is 18.9 Å². The Kier molecular flexibility index (Phi) is 3.45. The molecule has 24 heavy (non-hydrogen) atoms. The lowest BCUT2D eigenvalue weighted by Crippen LogP contribution is -2.56. The minimum Gasteiger partial charge on any atom is -0.389 e. The molecule has 4 aliphatic rings. The van der Waals surface area contributed by atoms with Crippen molar-refractivity contribution in [2.24, 2.45) is 5.41 Å². The predicted octanol–water partition coefficient (Wildman–Crippen LogP) is 0.343. The molecule has 0 bridgehead atoms. The summed E-state index contributed by atoms with van der Waals surface area (Å²) >= 11 is -0.215. The Balaban J connectivity index is 1.41. The van der Waals surface area contributed by atoms with Crippen LogP contribution in [0.3, 0.4) is 0 Å². The number of anilines is 2. The second kappa shape index (κ2) is 5.45. The van der Waals surface area contributed by atoms with Crippen molar-refractivity contribution in [2.75, 3.05) is 49.4 Å². The van der Waals surface area contributed by atoms with Gasteiger partial charge in [-0.25, -0.2) is 4.98 Å². The van der Waals surface area contributed by atoms with Crippen molar-refractivity contribution in [3.63, 3.8) is 0 Å². The summed E-state index contributed by atoms with van der Waals surface area (Å²) in [5.74, 6) is 2.67. The number of hydrogen-bond donors (Lipinski definition) is 2. The number of nitrogens with zero attached hydrogens (tertiary/aromatic N) is 3. The summed E-state index contributed by atoms with van der Waals surface area (Å²) in [6.45, 7) is 3.06. The van der Waals surface area contributed by atoms with Crippen molar-refractivity contribution in [3.05, 3.63) is 5.69 Å². The first-order chi connectivity index (χ1) is 11.7. The lowest BCUT2D eigenvalue weighted by Gasteiger charge is -2.53. The van der Waals surface area contributed by atoms with Crippen molar-refractivity contribution < 1.29 is 14.0 Å². The molecule has 5 rings (SSSR count). The largest absolute Gasteiger partial charge is 0.389 e. The number of β-amino-alcohol motifs (C(OH)–C–C–N with tert-alkyl or cyclic N) is 1. The molecule has 0 amide bonds. The van der Waals surface area contributed by atoms with Crippen LogP contribution in [-0.4, -0.2) is 66.4 Å². The average Bonchev–Trinajstić information content (AvgIpc) is 2.88. The van der Waals surface area contributed by atoms with Crippen LogP contribution in [-0.2, 0) is 26.5 Å². The van der Waals surface area contributed by atoms with E-state index in [1.54, 1.807) is 7.11 Å². The van der Waals surface area contributed by atoms with Gasteiger partial charge in [-0.2, -0.15) is 9.17 Å². The third kappa shape index (κ3) is 2.31. The molecular formula is C16H23N4O3S+. The maximum atomic E-state index is 9.56. The molecule has 8 heteroatoms. The van der Waals surface area contributed by atoms with E-state index in [0.717, 1.165) is 60.6 Å². The quantitative estimate of drug-likeness (QED) is 0.758. The van der Waals surface area contributed by atoms with E-state index in [-0.39, 0.29) is 17.3 Å². The molecule has 1 spiro atoms. The van der Waals surface area contributed by atoms with E-state index < -0.39 is 0 Å². The first-order valence-electron chi connectivity index (χ1n) is 8.59. The van der Waals surface area contributed by atoms with Gasteiger partial charge in [-0.05, 0) is 12.8 Å². The van der Waals surface area contributed by atoms with Crippen LogP contribution in [0.15, 0.2) is 4.90 Å². The van der Waals surface area contributed by atoms with Crippen LogP contribution in [0, 0.1) is 5.41 Å². The highest BCUT2D eigenvalue weighted by molar-refractivity contribution is 7.92. The molecular weight excluding hydrogens is 328 g/mol. The normalized spacial score (nSPS) is 28.2. The Morgan fingerprint density at radius 1 is 1.33 bits per heavy atom. The number of aryl methyl sites for hydroxylation is 1. The number of ether oxygens (including phenoxy) is 1. The monoisotopic (exact) mass is 351 g/mol. The van der Waals surface area contributed by atoms with Gasteiger partial charge in [0.25, 0.3) is 4.90 Å². The van der Waals surface area contributed by atoms with E-state index in [0.29, 0.717) is 24.5 Å². The minimum atomic E-state index is -0.253. The van der Waals surface area contributed by atoms with Gasteiger partial charge in [0.15, 0.2) is 22.7 Å². The molecule has 1 unspecified atom stereocenters. The summed E-state index contributed by atoms with van der Waals surface area (Å²) in [6.07, 6.45) is 3.00. The molecule has 3 aliphatic heterocycles. The average molecular weight is 351 g/mol. The minimum absolute atomic E-state index is 0.215. The maximum Gasteiger partial charge on any atom is 0.253 e. The summed E-state index contributed by atoms with van der Waals surface area (Å²) in [4.78, 5) is 12.8. The fourth-order valence-electron chi connectivity index (χ4n) is 4.12. The van der Waals surface area contributed by atoms with Crippen molar-refractivity contribution in [1.29, 1.82) is 0 Å². The van der Waals surface area contributed by atoms with E-state index in [1.807, 2.05) is 4.90 Å². The summed E-state index contributed by atoms with van der Waals surface area (Å²) in [6, 6.07) is 0.464. The molecule has 7 nitrogen and oxygen atoms in total. The summed E-state index contributed by atoms with van der Waals surface area (Å²) in [5, 5.41) is 13.2. The van der Waals surface area contributed by atoms with Crippen molar-refractivity contribution in [3.8, 4) is 0 Å². The second-order valence-corrected chi connectivity index (χ2v) is 9.26. The van der Waals surface area contributed by atoms with Gasteiger partial charge in [0.1, 0.15) is 5.69 Å². The number of fused-ring (bicyclic) bond motifs is 1. The van der Waals surface area contributed by atoms with E-state index >= 15 is 0 Å². The molecule has 130 valence electrons. The molecule has 2 saturated heterocycles. The van der Waals surface area contributed by atoms with Crippen molar-refractivity contribution in [2.45, 2.75) is 36.3 Å². The SMILES string of the molecule is CO[S+]1CCc2nc(N3CC(O)C3)nc(NC3CC4(COC4)C3)c21. The number of aromatic nitrogens is 2. The number of nitrogens with one attached hydrogen (secondary N) is 1.